The van der Waals surface area contributed by atoms with Gasteiger partial charge in [-0.2, -0.15) is 0 Å². The van der Waals surface area contributed by atoms with Crippen molar-refractivity contribution in [2.45, 2.75) is 44.4 Å². The Morgan fingerprint density at radius 1 is 1.13 bits per heavy atom. The van der Waals surface area contributed by atoms with Crippen LogP contribution >= 0.6 is 0 Å². The zero-order valence-corrected chi connectivity index (χ0v) is 17.6. The predicted molar refractivity (Wildman–Crippen MR) is 118 cm³/mol. The van der Waals surface area contributed by atoms with Crippen LogP contribution in [-0.4, -0.2) is 53.9 Å². The van der Waals surface area contributed by atoms with Crippen molar-refractivity contribution in [1.82, 2.24) is 15.6 Å². The Morgan fingerprint density at radius 2 is 1.84 bits per heavy atom. The average Bonchev–Trinajstić information content (AvgIpc) is 2.81. The Hall–Kier alpha value is -3.13. The minimum Gasteiger partial charge on any atom is -0.480 e. The smallest absolute Gasteiger partial charge is 0.408 e. The molecule has 8 nitrogen and oxygen atoms in total. The molecule has 1 atom stereocenters. The van der Waals surface area contributed by atoms with E-state index in [1.807, 2.05) is 54.9 Å². The summed E-state index contributed by atoms with van der Waals surface area (Å²) in [6, 6.07) is 12.8. The lowest BCUT2D eigenvalue weighted by Crippen LogP contribution is -2.44. The molecule has 0 saturated carbocycles. The number of aromatic nitrogens is 1. The SMILES string of the molecule is O=C(NC(CCCNC1CCN(c2ccncc2)CC1)C(=O)O)OCc1ccccc1. The first kappa shape index (κ1) is 22.6. The summed E-state index contributed by atoms with van der Waals surface area (Å²) in [5, 5.41) is 15.4. The molecular formula is C23H30N4O4. The lowest BCUT2D eigenvalue weighted by atomic mass is 10.0. The summed E-state index contributed by atoms with van der Waals surface area (Å²) in [5.41, 5.74) is 2.05. The van der Waals surface area contributed by atoms with Crippen molar-refractivity contribution in [3.63, 3.8) is 0 Å². The minimum absolute atomic E-state index is 0.110. The second-order valence-electron chi connectivity index (χ2n) is 7.66. The van der Waals surface area contributed by atoms with Crippen LogP contribution in [0.1, 0.15) is 31.2 Å². The average molecular weight is 427 g/mol. The summed E-state index contributed by atoms with van der Waals surface area (Å²) in [6.45, 7) is 2.78. The van der Waals surface area contributed by atoms with E-state index in [4.69, 9.17) is 4.74 Å². The normalized spacial score (nSPS) is 15.3. The summed E-state index contributed by atoms with van der Waals surface area (Å²) >= 11 is 0. The Morgan fingerprint density at radius 3 is 2.52 bits per heavy atom. The van der Waals surface area contributed by atoms with Gasteiger partial charge in [0.25, 0.3) is 0 Å². The summed E-state index contributed by atoms with van der Waals surface area (Å²) in [4.78, 5) is 29.8. The molecule has 0 radical (unpaired) electrons. The standard InChI is InChI=1S/C23H30N4O4/c28-22(29)21(26-23(30)31-17-18-5-2-1-3-6-18)7-4-12-25-19-10-15-27(16-11-19)20-8-13-24-14-9-20/h1-3,5-6,8-9,13-14,19,21,25H,4,7,10-12,15-17H2,(H,26,30)(H,28,29). The van der Waals surface area contributed by atoms with Crippen LogP contribution in [0.5, 0.6) is 0 Å². The third kappa shape index (κ3) is 7.57. The highest BCUT2D eigenvalue weighted by atomic mass is 16.5. The van der Waals surface area contributed by atoms with Crippen LogP contribution in [0.4, 0.5) is 10.5 Å². The number of hydrogen-bond acceptors (Lipinski definition) is 6. The van der Waals surface area contributed by atoms with Gasteiger partial charge in [0.2, 0.25) is 0 Å². The molecule has 2 aromatic rings. The third-order valence-corrected chi connectivity index (χ3v) is 5.43. The molecule has 1 aromatic carbocycles. The van der Waals surface area contributed by atoms with Crippen LogP contribution < -0.4 is 15.5 Å². The number of aliphatic carboxylic acids is 1. The first-order valence-electron chi connectivity index (χ1n) is 10.7. The summed E-state index contributed by atoms with van der Waals surface area (Å²) < 4.78 is 5.12. The second-order valence-corrected chi connectivity index (χ2v) is 7.66. The number of benzene rings is 1. The molecule has 1 fully saturated rings. The van der Waals surface area contributed by atoms with Gasteiger partial charge in [0.15, 0.2) is 0 Å². The molecule has 8 heteroatoms. The molecule has 1 aliphatic heterocycles. The number of hydrogen-bond donors (Lipinski definition) is 3. The number of amides is 1. The van der Waals surface area contributed by atoms with Crippen molar-refractivity contribution >= 4 is 17.7 Å². The molecule has 0 bridgehead atoms. The first-order valence-corrected chi connectivity index (χ1v) is 10.7. The number of rotatable bonds is 10. The molecule has 166 valence electrons. The van der Waals surface area contributed by atoms with E-state index in [9.17, 15) is 14.7 Å². The number of pyridine rings is 1. The van der Waals surface area contributed by atoms with Crippen molar-refractivity contribution in [3.8, 4) is 0 Å². The highest BCUT2D eigenvalue weighted by molar-refractivity contribution is 5.79. The molecule has 1 unspecified atom stereocenters. The van der Waals surface area contributed by atoms with Crippen molar-refractivity contribution in [3.05, 3.63) is 60.4 Å². The van der Waals surface area contributed by atoms with E-state index in [2.05, 4.69) is 20.5 Å². The van der Waals surface area contributed by atoms with Crippen LogP contribution in [0, 0.1) is 0 Å². The molecule has 31 heavy (non-hydrogen) atoms. The topological polar surface area (TPSA) is 104 Å². The molecular weight excluding hydrogens is 396 g/mol. The molecule has 0 aliphatic carbocycles. The van der Waals surface area contributed by atoms with Gasteiger partial charge in [-0.1, -0.05) is 30.3 Å². The van der Waals surface area contributed by atoms with Gasteiger partial charge in [0, 0.05) is 37.2 Å². The van der Waals surface area contributed by atoms with Gasteiger partial charge >= 0.3 is 12.1 Å². The highest BCUT2D eigenvalue weighted by Gasteiger charge is 2.22. The fourth-order valence-corrected chi connectivity index (χ4v) is 3.67. The summed E-state index contributed by atoms with van der Waals surface area (Å²) in [5.74, 6) is -1.05. The number of anilines is 1. The fourth-order valence-electron chi connectivity index (χ4n) is 3.67. The van der Waals surface area contributed by atoms with Gasteiger partial charge in [-0.05, 0) is 49.9 Å². The number of carbonyl (C=O) groups is 2. The van der Waals surface area contributed by atoms with E-state index < -0.39 is 18.1 Å². The van der Waals surface area contributed by atoms with Crippen LogP contribution in [0.25, 0.3) is 0 Å². The molecule has 2 heterocycles. The van der Waals surface area contributed by atoms with Crippen LogP contribution in [0.2, 0.25) is 0 Å². The summed E-state index contributed by atoms with van der Waals surface area (Å²) in [6.07, 6.45) is 5.98. The molecule has 1 aromatic heterocycles. The van der Waals surface area contributed by atoms with Crippen molar-refractivity contribution < 1.29 is 19.4 Å². The van der Waals surface area contributed by atoms with Crippen LogP contribution in [0.15, 0.2) is 54.9 Å². The number of carbonyl (C=O) groups excluding carboxylic acids is 1. The zero-order valence-electron chi connectivity index (χ0n) is 17.6. The Kier molecular flexibility index (Phi) is 8.66. The Labute approximate surface area is 182 Å². The maximum absolute atomic E-state index is 11.9. The lowest BCUT2D eigenvalue weighted by molar-refractivity contribution is -0.139. The monoisotopic (exact) mass is 426 g/mol. The fraction of sp³-hybridized carbons (Fsp3) is 0.435. The maximum Gasteiger partial charge on any atom is 0.408 e. The summed E-state index contributed by atoms with van der Waals surface area (Å²) in [7, 11) is 0. The van der Waals surface area contributed by atoms with Gasteiger partial charge < -0.3 is 25.4 Å². The number of ether oxygens (including phenoxy) is 1. The van der Waals surface area contributed by atoms with Crippen LogP contribution in [0.3, 0.4) is 0 Å². The van der Waals surface area contributed by atoms with Gasteiger partial charge in [0.1, 0.15) is 12.6 Å². The van der Waals surface area contributed by atoms with Crippen LogP contribution in [-0.2, 0) is 16.1 Å². The predicted octanol–water partition coefficient (Wildman–Crippen LogP) is 2.80. The molecule has 1 amide bonds. The van der Waals surface area contributed by atoms with Gasteiger partial charge in [-0.25, -0.2) is 9.59 Å². The molecule has 3 N–H and O–H groups in total. The minimum atomic E-state index is -1.05. The van der Waals surface area contributed by atoms with E-state index in [1.165, 1.54) is 5.69 Å². The quantitative estimate of drug-likeness (QED) is 0.502. The molecule has 0 spiro atoms. The lowest BCUT2D eigenvalue weighted by Gasteiger charge is -2.34. The van der Waals surface area contributed by atoms with Crippen molar-refractivity contribution in [1.29, 1.82) is 0 Å². The molecule has 3 rings (SSSR count). The maximum atomic E-state index is 11.9. The van der Waals surface area contributed by atoms with Gasteiger partial charge in [-0.15, -0.1) is 0 Å². The Bertz CT molecular complexity index is 811. The molecule has 1 aliphatic rings. The van der Waals surface area contributed by atoms with Crippen molar-refractivity contribution in [2.75, 3.05) is 24.5 Å². The largest absolute Gasteiger partial charge is 0.480 e. The van der Waals surface area contributed by atoms with Crippen molar-refractivity contribution in [2.24, 2.45) is 0 Å². The van der Waals surface area contributed by atoms with Gasteiger partial charge in [-0.3, -0.25) is 4.98 Å². The number of nitrogens with zero attached hydrogens (tertiary/aromatic N) is 2. The number of carboxylic acids is 1. The number of carboxylic acid groups (broad SMARTS) is 1. The second kappa shape index (κ2) is 11.9. The zero-order chi connectivity index (χ0) is 21.9. The highest BCUT2D eigenvalue weighted by Crippen LogP contribution is 2.18. The third-order valence-electron chi connectivity index (χ3n) is 5.43. The van der Waals surface area contributed by atoms with E-state index in [1.54, 1.807) is 0 Å². The van der Waals surface area contributed by atoms with Gasteiger partial charge in [0.05, 0.1) is 0 Å². The Balaban J connectivity index is 1.31. The van der Waals surface area contributed by atoms with E-state index >= 15 is 0 Å². The number of piperidine rings is 1. The number of nitrogens with one attached hydrogen (secondary N) is 2. The number of alkyl carbamates (subject to hydrolysis) is 1. The molecule has 1 saturated heterocycles. The van der Waals surface area contributed by atoms with E-state index in [0.717, 1.165) is 31.5 Å². The van der Waals surface area contributed by atoms with E-state index in [-0.39, 0.29) is 6.61 Å². The van der Waals surface area contributed by atoms with E-state index in [0.29, 0.717) is 25.4 Å². The first-order chi connectivity index (χ1) is 15.1.